The molecule has 24 heavy (non-hydrogen) atoms. The Labute approximate surface area is 146 Å². The summed E-state index contributed by atoms with van der Waals surface area (Å²) in [6, 6.07) is 8.11. The van der Waals surface area contributed by atoms with Gasteiger partial charge >= 0.3 is 0 Å². The van der Waals surface area contributed by atoms with Crippen molar-refractivity contribution in [2.45, 2.75) is 25.8 Å². The van der Waals surface area contributed by atoms with Crippen molar-refractivity contribution in [3.05, 3.63) is 47.9 Å². The first-order valence-corrected chi connectivity index (χ1v) is 7.61. The van der Waals surface area contributed by atoms with Crippen molar-refractivity contribution in [3.63, 3.8) is 0 Å². The minimum Gasteiger partial charge on any atom is -0.459 e. The molecule has 0 bridgehead atoms. The van der Waals surface area contributed by atoms with Crippen LogP contribution in [0.15, 0.2) is 41.0 Å². The van der Waals surface area contributed by atoms with Gasteiger partial charge in [-0.15, -0.1) is 12.4 Å². The highest BCUT2D eigenvalue weighted by Gasteiger charge is 2.28. The van der Waals surface area contributed by atoms with Gasteiger partial charge < -0.3 is 20.4 Å². The van der Waals surface area contributed by atoms with E-state index in [9.17, 15) is 9.59 Å². The monoisotopic (exact) mass is 349 g/mol. The number of nitrogen functional groups attached to an aromatic ring is 1. The van der Waals surface area contributed by atoms with Crippen molar-refractivity contribution in [1.82, 2.24) is 5.32 Å². The Balaban J connectivity index is 0.00000208. The van der Waals surface area contributed by atoms with Gasteiger partial charge in [0.15, 0.2) is 5.76 Å². The van der Waals surface area contributed by atoms with Gasteiger partial charge in [-0.2, -0.15) is 0 Å². The number of anilines is 2. The van der Waals surface area contributed by atoms with Gasteiger partial charge in [0.25, 0.3) is 5.91 Å². The molecule has 0 saturated carbocycles. The average molecular weight is 350 g/mol. The highest BCUT2D eigenvalue weighted by molar-refractivity contribution is 6.02. The van der Waals surface area contributed by atoms with Crippen molar-refractivity contribution in [2.75, 3.05) is 17.2 Å². The van der Waals surface area contributed by atoms with E-state index in [4.69, 9.17) is 10.2 Å². The van der Waals surface area contributed by atoms with Gasteiger partial charge in [-0.1, -0.05) is 6.07 Å². The Kier molecular flexibility index (Phi) is 5.51. The van der Waals surface area contributed by atoms with E-state index in [2.05, 4.69) is 5.32 Å². The Hall–Kier alpha value is -2.47. The Morgan fingerprint density at radius 3 is 2.79 bits per heavy atom. The average Bonchev–Trinajstić information content (AvgIpc) is 3.08. The van der Waals surface area contributed by atoms with E-state index >= 15 is 0 Å². The molecule has 1 aliphatic rings. The second kappa shape index (κ2) is 7.40. The van der Waals surface area contributed by atoms with E-state index in [-0.39, 0.29) is 24.1 Å². The second-order valence-electron chi connectivity index (χ2n) is 5.61. The first-order chi connectivity index (χ1) is 11.1. The molecular weight excluding hydrogens is 330 g/mol. The molecule has 1 aliphatic heterocycles. The van der Waals surface area contributed by atoms with Crippen LogP contribution >= 0.6 is 12.4 Å². The number of benzene rings is 1. The largest absolute Gasteiger partial charge is 0.459 e. The maximum absolute atomic E-state index is 12.7. The third-order valence-electron chi connectivity index (χ3n) is 4.02. The topological polar surface area (TPSA) is 88.6 Å². The van der Waals surface area contributed by atoms with E-state index in [0.29, 0.717) is 12.2 Å². The molecule has 128 valence electrons. The van der Waals surface area contributed by atoms with Gasteiger partial charge in [0.2, 0.25) is 5.91 Å². The molecule has 3 N–H and O–H groups in total. The van der Waals surface area contributed by atoms with Crippen molar-refractivity contribution >= 4 is 35.6 Å². The number of rotatable bonds is 3. The molecular formula is C17H20ClN3O3. The smallest absolute Gasteiger partial charge is 0.287 e. The number of halogens is 1. The number of fused-ring (bicyclic) bond motifs is 1. The van der Waals surface area contributed by atoms with Crippen LogP contribution in [-0.2, 0) is 11.2 Å². The van der Waals surface area contributed by atoms with Gasteiger partial charge in [-0.05, 0) is 49.6 Å². The predicted octanol–water partition coefficient (Wildman–Crippen LogP) is 2.38. The quantitative estimate of drug-likeness (QED) is 0.833. The van der Waals surface area contributed by atoms with Crippen LogP contribution in [0.1, 0.15) is 29.5 Å². The molecule has 0 aliphatic carbocycles. The number of nitrogens with two attached hydrogens (primary N) is 1. The van der Waals surface area contributed by atoms with Crippen molar-refractivity contribution in [1.29, 1.82) is 0 Å². The molecule has 0 fully saturated rings. The maximum atomic E-state index is 12.7. The minimum absolute atomic E-state index is 0. The molecule has 1 aromatic heterocycles. The molecule has 2 aromatic rings. The standard InChI is InChI=1S/C17H19N3O3.ClH/c1-11(19-16(21)15-8-4-10-23-15)17(22)20-9-3-5-12-13(18)6-2-7-14(12)20;/h2,4,6-8,10-11H,3,5,9,18H2,1H3,(H,19,21);1H. The van der Waals surface area contributed by atoms with E-state index in [1.165, 1.54) is 6.26 Å². The van der Waals surface area contributed by atoms with E-state index in [1.807, 2.05) is 18.2 Å². The van der Waals surface area contributed by atoms with Crippen LogP contribution in [0.4, 0.5) is 11.4 Å². The molecule has 0 spiro atoms. The lowest BCUT2D eigenvalue weighted by molar-refractivity contribution is -0.120. The number of carbonyl (C=O) groups excluding carboxylic acids is 2. The molecule has 3 rings (SSSR count). The third-order valence-corrected chi connectivity index (χ3v) is 4.02. The summed E-state index contributed by atoms with van der Waals surface area (Å²) < 4.78 is 5.04. The lowest BCUT2D eigenvalue weighted by Gasteiger charge is -2.32. The molecule has 1 unspecified atom stereocenters. The number of hydrogen-bond acceptors (Lipinski definition) is 4. The van der Waals surface area contributed by atoms with Gasteiger partial charge in [0.05, 0.1) is 6.26 Å². The molecule has 2 amide bonds. The SMILES string of the molecule is CC(NC(=O)c1ccco1)C(=O)N1CCCc2c(N)cccc21.Cl. The van der Waals surface area contributed by atoms with Crippen LogP contribution < -0.4 is 16.0 Å². The number of nitrogens with one attached hydrogen (secondary N) is 1. The maximum Gasteiger partial charge on any atom is 0.287 e. The van der Waals surface area contributed by atoms with Crippen LogP contribution in [0.25, 0.3) is 0 Å². The molecule has 0 saturated heterocycles. The first-order valence-electron chi connectivity index (χ1n) is 7.61. The number of carbonyl (C=O) groups is 2. The highest BCUT2D eigenvalue weighted by Crippen LogP contribution is 2.31. The van der Waals surface area contributed by atoms with Crippen LogP contribution in [0.3, 0.4) is 0 Å². The summed E-state index contributed by atoms with van der Waals surface area (Å²) in [5, 5.41) is 2.67. The lowest BCUT2D eigenvalue weighted by atomic mass is 9.99. The molecule has 7 heteroatoms. The zero-order chi connectivity index (χ0) is 16.4. The van der Waals surface area contributed by atoms with Crippen molar-refractivity contribution in [3.8, 4) is 0 Å². The molecule has 0 radical (unpaired) electrons. The number of furan rings is 1. The van der Waals surface area contributed by atoms with Gasteiger partial charge in [-0.3, -0.25) is 9.59 Å². The van der Waals surface area contributed by atoms with E-state index in [1.54, 1.807) is 24.0 Å². The van der Waals surface area contributed by atoms with Crippen molar-refractivity contribution < 1.29 is 14.0 Å². The fourth-order valence-corrected chi connectivity index (χ4v) is 2.85. The molecule has 6 nitrogen and oxygen atoms in total. The summed E-state index contributed by atoms with van der Waals surface area (Å²) >= 11 is 0. The fraction of sp³-hybridized carbons (Fsp3) is 0.294. The molecule has 1 atom stereocenters. The summed E-state index contributed by atoms with van der Waals surface area (Å²) in [5.41, 5.74) is 8.54. The highest BCUT2D eigenvalue weighted by atomic mass is 35.5. The Morgan fingerprint density at radius 1 is 1.29 bits per heavy atom. The van der Waals surface area contributed by atoms with Gasteiger partial charge in [-0.25, -0.2) is 0 Å². The Bertz CT molecular complexity index is 731. The second-order valence-corrected chi connectivity index (χ2v) is 5.61. The van der Waals surface area contributed by atoms with Crippen LogP contribution in [0.5, 0.6) is 0 Å². The third kappa shape index (κ3) is 3.38. The minimum atomic E-state index is -0.653. The van der Waals surface area contributed by atoms with Gasteiger partial charge in [0, 0.05) is 17.9 Å². The van der Waals surface area contributed by atoms with E-state index in [0.717, 1.165) is 24.1 Å². The molecule has 2 heterocycles. The fourth-order valence-electron chi connectivity index (χ4n) is 2.85. The molecule has 1 aromatic carbocycles. The van der Waals surface area contributed by atoms with Crippen LogP contribution in [0.2, 0.25) is 0 Å². The summed E-state index contributed by atoms with van der Waals surface area (Å²) in [7, 11) is 0. The van der Waals surface area contributed by atoms with E-state index < -0.39 is 11.9 Å². The number of hydrogen-bond donors (Lipinski definition) is 2. The van der Waals surface area contributed by atoms with Crippen molar-refractivity contribution in [2.24, 2.45) is 0 Å². The summed E-state index contributed by atoms with van der Waals surface area (Å²) in [6.45, 7) is 2.29. The normalized spacial score (nSPS) is 14.3. The van der Waals surface area contributed by atoms with Gasteiger partial charge in [0.1, 0.15) is 6.04 Å². The predicted molar refractivity (Wildman–Crippen MR) is 94.4 cm³/mol. The first kappa shape index (κ1) is 17.9. The zero-order valence-corrected chi connectivity index (χ0v) is 14.1. The summed E-state index contributed by atoms with van der Waals surface area (Å²) in [4.78, 5) is 26.4. The number of amides is 2. The Morgan fingerprint density at radius 2 is 2.08 bits per heavy atom. The number of nitrogens with zero attached hydrogens (tertiary/aromatic N) is 1. The summed E-state index contributed by atoms with van der Waals surface area (Å²) in [5.74, 6) is -0.370. The van der Waals surface area contributed by atoms with Crippen LogP contribution in [0, 0.1) is 0 Å². The lowest BCUT2D eigenvalue weighted by Crippen LogP contribution is -2.48. The summed E-state index contributed by atoms with van der Waals surface area (Å²) in [6.07, 6.45) is 3.13. The van der Waals surface area contributed by atoms with Crippen LogP contribution in [-0.4, -0.2) is 24.4 Å². The zero-order valence-electron chi connectivity index (χ0n) is 13.3.